The lowest BCUT2D eigenvalue weighted by atomic mass is 10.1. The fourth-order valence-corrected chi connectivity index (χ4v) is 8.59. The van der Waals surface area contributed by atoms with Gasteiger partial charge in [-0.05, 0) is 106 Å². The average Bonchev–Trinajstić information content (AvgIpc) is 4.06. The molecule has 16 heteroatoms. The van der Waals surface area contributed by atoms with Crippen molar-refractivity contribution in [1.82, 2.24) is 59.5 Å². The monoisotopic (exact) mass is 919 g/mol. The van der Waals surface area contributed by atoms with Crippen LogP contribution in [0.1, 0.15) is 25.7 Å². The molecule has 3 aromatic heterocycles. The van der Waals surface area contributed by atoms with Crippen LogP contribution in [0.4, 0.5) is 0 Å². The molecule has 0 unspecified atom stereocenters. The highest BCUT2D eigenvalue weighted by atomic mass is 16.5. The van der Waals surface area contributed by atoms with Gasteiger partial charge in [-0.25, -0.2) is 29.9 Å². The molecule has 9 rings (SSSR count). The Morgan fingerprint density at radius 2 is 0.691 bits per heavy atom. The number of aromatic nitrogens is 8. The lowest BCUT2D eigenvalue weighted by Crippen LogP contribution is -2.15. The van der Waals surface area contributed by atoms with E-state index in [0.717, 1.165) is 95.7 Å². The zero-order valence-electron chi connectivity index (χ0n) is 40.5. The molecule has 5 heterocycles. The van der Waals surface area contributed by atoms with E-state index in [1.54, 1.807) is 0 Å². The van der Waals surface area contributed by atoms with Crippen LogP contribution in [0.2, 0.25) is 0 Å². The highest BCUT2D eigenvalue weighted by Crippen LogP contribution is 2.44. The molecule has 0 radical (unpaired) electrons. The van der Waals surface area contributed by atoms with E-state index >= 15 is 0 Å². The molecule has 0 spiro atoms. The maximum absolute atomic E-state index is 6.55. The van der Waals surface area contributed by atoms with Gasteiger partial charge < -0.3 is 48.5 Å². The van der Waals surface area contributed by atoms with Gasteiger partial charge in [-0.1, -0.05) is 48.5 Å². The first-order valence-electron chi connectivity index (χ1n) is 23.5. The first kappa shape index (κ1) is 46.4. The third-order valence-corrected chi connectivity index (χ3v) is 11.8. The topological polar surface area (TPSA) is 159 Å². The molecule has 0 fully saturated rings. The number of benzene rings is 4. The van der Waals surface area contributed by atoms with Gasteiger partial charge in [-0.2, -0.15) is 0 Å². The van der Waals surface area contributed by atoms with Crippen LogP contribution in [-0.4, -0.2) is 168 Å². The second-order valence-corrected chi connectivity index (χ2v) is 18.3. The van der Waals surface area contributed by atoms with Gasteiger partial charge in [0.2, 0.25) is 0 Å². The number of rotatable bonds is 20. The van der Waals surface area contributed by atoms with E-state index < -0.39 is 0 Å². The van der Waals surface area contributed by atoms with Crippen molar-refractivity contribution >= 4 is 44.1 Å². The maximum Gasteiger partial charge on any atom is 0.168 e. The Morgan fingerprint density at radius 3 is 1.06 bits per heavy atom. The van der Waals surface area contributed by atoms with Crippen molar-refractivity contribution in [2.45, 2.75) is 25.7 Å². The Bertz CT molecular complexity index is 2880. The smallest absolute Gasteiger partial charge is 0.168 e. The van der Waals surface area contributed by atoms with Crippen LogP contribution in [0.15, 0.2) is 72.8 Å². The number of H-pyrrole nitrogens is 2. The number of nitrogens with one attached hydrogen (secondary N) is 2. The van der Waals surface area contributed by atoms with E-state index in [2.05, 4.69) is 85.9 Å². The lowest BCUT2D eigenvalue weighted by molar-refractivity contribution is 0.282. The molecule has 2 aliphatic heterocycles. The molecule has 0 amide bonds. The summed E-state index contributed by atoms with van der Waals surface area (Å²) in [5.41, 5.74) is 5.30. The first-order chi connectivity index (χ1) is 33.0. The van der Waals surface area contributed by atoms with Gasteiger partial charge >= 0.3 is 0 Å². The number of ether oxygens (including phenoxy) is 4. The van der Waals surface area contributed by atoms with Crippen LogP contribution in [0, 0.1) is 0 Å². The van der Waals surface area contributed by atoms with Gasteiger partial charge in [0, 0.05) is 48.1 Å². The molecule has 0 atom stereocenters. The van der Waals surface area contributed by atoms with Crippen molar-refractivity contribution < 1.29 is 18.9 Å². The van der Waals surface area contributed by atoms with Gasteiger partial charge in [-0.3, -0.25) is 0 Å². The predicted molar refractivity (Wildman–Crippen MR) is 271 cm³/mol. The minimum absolute atomic E-state index is 0.456. The van der Waals surface area contributed by atoms with Crippen molar-refractivity contribution in [2.24, 2.45) is 0 Å². The summed E-state index contributed by atoms with van der Waals surface area (Å²) in [5.74, 6) is 4.58. The summed E-state index contributed by atoms with van der Waals surface area (Å²) < 4.78 is 26.2. The van der Waals surface area contributed by atoms with E-state index in [0.29, 0.717) is 95.3 Å². The molecule has 7 aromatic rings. The Hall–Kier alpha value is -6.72. The second-order valence-electron chi connectivity index (χ2n) is 18.3. The molecule has 0 saturated carbocycles. The van der Waals surface area contributed by atoms with Crippen LogP contribution in [0.3, 0.4) is 0 Å². The molecular formula is C52H62N12O4. The molecule has 354 valence electrons. The number of aromatic amines is 2. The minimum Gasteiger partial charge on any atom is -0.493 e. The quantitative estimate of drug-likeness (QED) is 0.0705. The zero-order chi connectivity index (χ0) is 47.3. The fourth-order valence-electron chi connectivity index (χ4n) is 8.59. The van der Waals surface area contributed by atoms with Crippen molar-refractivity contribution in [3.8, 4) is 68.5 Å². The molecule has 8 bridgehead atoms. The number of hydrogen-bond donors (Lipinski definition) is 2. The van der Waals surface area contributed by atoms with E-state index in [1.165, 1.54) is 0 Å². The lowest BCUT2D eigenvalue weighted by Gasteiger charge is -2.12. The third kappa shape index (κ3) is 10.1. The van der Waals surface area contributed by atoms with Crippen molar-refractivity contribution in [3.05, 3.63) is 72.8 Å². The van der Waals surface area contributed by atoms with Gasteiger partial charge in [0.15, 0.2) is 23.3 Å². The standard InChI is InChI=1S/C52H62N12O4/c1-61(2)25-13-29-65-37-21-9-17-33-41(37)49-53-45(33)58-50-43-35(19-11-23-39(43)67-31-15-27-63(5)6)47(55-50)60-52-44-36(20-12-24-40(44)68-32-16-28-64(7)8)48(56-52)59-51-42-34(46(54-51)57-49)18-10-22-38(42)66-30-14-26-62(3)4/h9-12,17-24H,13-16,25-32H2,1-8H3,(H2,53,54,55,56,57,58,59,60). The summed E-state index contributed by atoms with van der Waals surface area (Å²) in [7, 11) is 16.5. The van der Waals surface area contributed by atoms with E-state index in [1.807, 2.05) is 72.8 Å². The number of nitrogens with zero attached hydrogens (tertiary/aromatic N) is 10. The van der Waals surface area contributed by atoms with E-state index in [-0.39, 0.29) is 0 Å². The van der Waals surface area contributed by atoms with E-state index in [9.17, 15) is 0 Å². The summed E-state index contributed by atoms with van der Waals surface area (Å²) in [6, 6.07) is 23.9. The summed E-state index contributed by atoms with van der Waals surface area (Å²) in [5, 5.41) is 3.20. The SMILES string of the molecule is CN(C)CCCOc1cccc2c1-c1nc-2nc2[nH]c(nc3nc(nc4[nH]c(n1)c1cccc(OCCCN(C)C)c41)-c1cccc(OCCCN(C)C)c1-3)c1cccc(OCCCN(C)C)c21. The summed E-state index contributed by atoms with van der Waals surface area (Å²) in [6.45, 7) is 5.63. The van der Waals surface area contributed by atoms with Gasteiger partial charge in [0.1, 0.15) is 45.6 Å². The Kier molecular flexibility index (Phi) is 14.1. The molecule has 0 saturated heterocycles. The number of hydrogen-bond acceptors (Lipinski definition) is 14. The van der Waals surface area contributed by atoms with Crippen LogP contribution < -0.4 is 18.9 Å². The van der Waals surface area contributed by atoms with Crippen LogP contribution in [-0.2, 0) is 0 Å². The van der Waals surface area contributed by atoms with Crippen LogP contribution >= 0.6 is 0 Å². The average molecular weight is 919 g/mol. The summed E-state index contributed by atoms with van der Waals surface area (Å²) in [6.07, 6.45) is 3.39. The molecule has 2 N–H and O–H groups in total. The molecule has 4 aromatic carbocycles. The third-order valence-electron chi connectivity index (χ3n) is 11.8. The second kappa shape index (κ2) is 20.7. The Balaban J connectivity index is 1.33. The van der Waals surface area contributed by atoms with Gasteiger partial charge in [-0.15, -0.1) is 0 Å². The van der Waals surface area contributed by atoms with Gasteiger partial charge in [0.25, 0.3) is 0 Å². The molecule has 16 nitrogen and oxygen atoms in total. The van der Waals surface area contributed by atoms with Crippen molar-refractivity contribution in [1.29, 1.82) is 0 Å². The number of fused-ring (bicyclic) bond motifs is 20. The van der Waals surface area contributed by atoms with Crippen LogP contribution in [0.5, 0.6) is 23.0 Å². The highest BCUT2D eigenvalue weighted by Gasteiger charge is 2.27. The largest absolute Gasteiger partial charge is 0.493 e. The first-order valence-corrected chi connectivity index (χ1v) is 23.5. The fraction of sp³-hybridized carbons (Fsp3) is 0.385. The van der Waals surface area contributed by atoms with Gasteiger partial charge in [0.05, 0.1) is 48.3 Å². The molecule has 68 heavy (non-hydrogen) atoms. The Labute approximate surface area is 397 Å². The highest BCUT2D eigenvalue weighted by molar-refractivity contribution is 6.10. The summed E-state index contributed by atoms with van der Waals surface area (Å²) >= 11 is 0. The molecule has 0 aliphatic carbocycles. The summed E-state index contributed by atoms with van der Waals surface area (Å²) in [4.78, 5) is 47.6. The Morgan fingerprint density at radius 1 is 0.368 bits per heavy atom. The maximum atomic E-state index is 6.55. The zero-order valence-corrected chi connectivity index (χ0v) is 40.5. The van der Waals surface area contributed by atoms with E-state index in [4.69, 9.17) is 48.9 Å². The predicted octanol–water partition coefficient (Wildman–Crippen LogP) is 8.19. The minimum atomic E-state index is 0.456. The van der Waals surface area contributed by atoms with Crippen molar-refractivity contribution in [3.63, 3.8) is 0 Å². The molecule has 2 aliphatic rings. The van der Waals surface area contributed by atoms with Crippen LogP contribution in [0.25, 0.3) is 89.7 Å². The molecular weight excluding hydrogens is 857 g/mol. The van der Waals surface area contributed by atoms with Crippen molar-refractivity contribution in [2.75, 3.05) is 109 Å². The normalized spacial score (nSPS) is 12.2.